The lowest BCUT2D eigenvalue weighted by molar-refractivity contribution is 0.221. The van der Waals surface area contributed by atoms with Crippen LogP contribution in [0.2, 0.25) is 0 Å². The molecule has 4 nitrogen and oxygen atoms in total. The molecule has 0 aromatic rings. The number of carbonyl (C=O) groups is 1. The molecular weight excluding hydrogens is 154 g/mol. The quantitative estimate of drug-likeness (QED) is 0.555. The predicted molar refractivity (Wildman–Crippen MR) is 47.8 cm³/mol. The summed E-state index contributed by atoms with van der Waals surface area (Å²) in [5.74, 6) is 0. The summed E-state index contributed by atoms with van der Waals surface area (Å²) in [4.78, 5) is 11.1. The summed E-state index contributed by atoms with van der Waals surface area (Å²) in [5, 5.41) is 5.61. The highest BCUT2D eigenvalue weighted by atomic mass is 16.2. The van der Waals surface area contributed by atoms with Crippen molar-refractivity contribution in [3.05, 3.63) is 0 Å². The summed E-state index contributed by atoms with van der Waals surface area (Å²) in [5.41, 5.74) is 5.57. The highest BCUT2D eigenvalue weighted by Crippen LogP contribution is 2.16. The molecule has 4 N–H and O–H groups in total. The van der Waals surface area contributed by atoms with Crippen LogP contribution in [0, 0.1) is 0 Å². The molecule has 0 aromatic heterocycles. The van der Waals surface area contributed by atoms with Crippen molar-refractivity contribution in [2.75, 3.05) is 0 Å². The van der Waals surface area contributed by atoms with E-state index in [0.29, 0.717) is 6.04 Å². The molecule has 1 saturated carbocycles. The van der Waals surface area contributed by atoms with E-state index < -0.39 is 0 Å². The normalized spacial score (nSPS) is 28.0. The fraction of sp³-hybridized carbons (Fsp3) is 0.875. The summed E-state index contributed by atoms with van der Waals surface area (Å²) in [6.07, 6.45) is 1.82. The first-order valence-electron chi connectivity index (χ1n) is 4.40. The first-order chi connectivity index (χ1) is 5.58. The van der Waals surface area contributed by atoms with Crippen LogP contribution >= 0.6 is 0 Å². The van der Waals surface area contributed by atoms with Gasteiger partial charge in [0.15, 0.2) is 0 Å². The molecule has 1 fully saturated rings. The first-order valence-corrected chi connectivity index (χ1v) is 4.40. The smallest absolute Gasteiger partial charge is 0.315 e. The average molecular weight is 171 g/mol. The van der Waals surface area contributed by atoms with Crippen LogP contribution in [-0.4, -0.2) is 24.2 Å². The Morgan fingerprint density at radius 2 is 2.08 bits per heavy atom. The molecule has 0 saturated heterocycles. The second-order valence-electron chi connectivity index (χ2n) is 3.70. The van der Waals surface area contributed by atoms with Gasteiger partial charge in [-0.3, -0.25) is 0 Å². The van der Waals surface area contributed by atoms with Gasteiger partial charge in [-0.05, 0) is 26.7 Å². The minimum absolute atomic E-state index is 0.0816. The number of hydrogen-bond acceptors (Lipinski definition) is 2. The first kappa shape index (κ1) is 9.32. The Morgan fingerprint density at radius 3 is 2.50 bits per heavy atom. The van der Waals surface area contributed by atoms with Gasteiger partial charge in [0.05, 0.1) is 0 Å². The lowest BCUT2D eigenvalue weighted by Gasteiger charge is -2.33. The van der Waals surface area contributed by atoms with Crippen molar-refractivity contribution in [1.82, 2.24) is 10.6 Å². The lowest BCUT2D eigenvalue weighted by Crippen LogP contribution is -2.53. The molecule has 0 atom stereocenters. The zero-order valence-corrected chi connectivity index (χ0v) is 7.63. The van der Waals surface area contributed by atoms with Gasteiger partial charge in [0.2, 0.25) is 0 Å². The average Bonchev–Trinajstić information content (AvgIpc) is 1.82. The summed E-state index contributed by atoms with van der Waals surface area (Å²) in [7, 11) is 0. The molecule has 0 spiro atoms. The number of hydrogen-bond donors (Lipinski definition) is 3. The molecule has 12 heavy (non-hydrogen) atoms. The monoisotopic (exact) mass is 171 g/mol. The van der Waals surface area contributed by atoms with E-state index >= 15 is 0 Å². The van der Waals surface area contributed by atoms with Crippen LogP contribution in [-0.2, 0) is 0 Å². The van der Waals surface area contributed by atoms with E-state index in [1.807, 2.05) is 13.8 Å². The van der Waals surface area contributed by atoms with Crippen LogP contribution in [0.4, 0.5) is 4.79 Å². The molecule has 0 aliphatic heterocycles. The van der Waals surface area contributed by atoms with E-state index in [4.69, 9.17) is 5.73 Å². The van der Waals surface area contributed by atoms with Crippen molar-refractivity contribution < 1.29 is 4.79 Å². The van der Waals surface area contributed by atoms with Gasteiger partial charge < -0.3 is 16.4 Å². The fourth-order valence-corrected chi connectivity index (χ4v) is 1.27. The second kappa shape index (κ2) is 3.76. The van der Waals surface area contributed by atoms with Crippen LogP contribution in [0.1, 0.15) is 26.7 Å². The maximum Gasteiger partial charge on any atom is 0.315 e. The van der Waals surface area contributed by atoms with Crippen LogP contribution in [0.5, 0.6) is 0 Å². The Kier molecular flexibility index (Phi) is 2.92. The van der Waals surface area contributed by atoms with Gasteiger partial charge in [-0.1, -0.05) is 0 Å². The summed E-state index contributed by atoms with van der Waals surface area (Å²) < 4.78 is 0. The lowest BCUT2D eigenvalue weighted by atomic mass is 9.88. The number of rotatable bonds is 2. The minimum atomic E-state index is -0.0816. The third-order valence-electron chi connectivity index (χ3n) is 1.93. The standard InChI is InChI=1S/C8H17N3O/c1-5(2)10-8(12)11-7-3-6(9)4-7/h5-7H,3-4,9H2,1-2H3,(H2,10,11,12). The molecule has 0 radical (unpaired) electrons. The van der Waals surface area contributed by atoms with Gasteiger partial charge >= 0.3 is 6.03 Å². The highest BCUT2D eigenvalue weighted by molar-refractivity contribution is 5.74. The van der Waals surface area contributed by atoms with Gasteiger partial charge in [-0.15, -0.1) is 0 Å². The van der Waals surface area contributed by atoms with Gasteiger partial charge in [-0.25, -0.2) is 4.79 Å². The molecule has 0 bridgehead atoms. The third kappa shape index (κ3) is 2.70. The summed E-state index contributed by atoms with van der Waals surface area (Å²) >= 11 is 0. The molecule has 1 rings (SSSR count). The van der Waals surface area contributed by atoms with Gasteiger partial charge in [-0.2, -0.15) is 0 Å². The number of carbonyl (C=O) groups excluding carboxylic acids is 1. The molecule has 1 aliphatic rings. The molecule has 1 aliphatic carbocycles. The van der Waals surface area contributed by atoms with Gasteiger partial charge in [0.25, 0.3) is 0 Å². The van der Waals surface area contributed by atoms with Crippen molar-refractivity contribution in [2.24, 2.45) is 5.73 Å². The van der Waals surface area contributed by atoms with E-state index in [1.54, 1.807) is 0 Å². The van der Waals surface area contributed by atoms with E-state index in [2.05, 4.69) is 10.6 Å². The second-order valence-corrected chi connectivity index (χ2v) is 3.70. The Labute approximate surface area is 72.9 Å². The van der Waals surface area contributed by atoms with Crippen LogP contribution in [0.3, 0.4) is 0 Å². The molecule has 2 amide bonds. The Bertz CT molecular complexity index is 164. The van der Waals surface area contributed by atoms with E-state index in [9.17, 15) is 4.79 Å². The zero-order valence-electron chi connectivity index (χ0n) is 7.63. The van der Waals surface area contributed by atoms with Crippen LogP contribution in [0.25, 0.3) is 0 Å². The largest absolute Gasteiger partial charge is 0.336 e. The number of urea groups is 1. The maximum atomic E-state index is 11.1. The van der Waals surface area contributed by atoms with Crippen molar-refractivity contribution in [2.45, 2.75) is 44.8 Å². The highest BCUT2D eigenvalue weighted by Gasteiger charge is 2.26. The predicted octanol–water partition coefficient (Wildman–Crippen LogP) is 0.184. The molecule has 4 heteroatoms. The molecular formula is C8H17N3O. The number of nitrogens with one attached hydrogen (secondary N) is 2. The summed E-state index contributed by atoms with van der Waals surface area (Å²) in [6.45, 7) is 3.87. The van der Waals surface area contributed by atoms with Crippen molar-refractivity contribution in [3.8, 4) is 0 Å². The Morgan fingerprint density at radius 1 is 1.50 bits per heavy atom. The summed E-state index contributed by atoms with van der Waals surface area (Å²) in [6, 6.07) is 0.689. The Balaban J connectivity index is 2.11. The third-order valence-corrected chi connectivity index (χ3v) is 1.93. The number of nitrogens with two attached hydrogens (primary N) is 1. The van der Waals surface area contributed by atoms with Crippen LogP contribution in [0.15, 0.2) is 0 Å². The molecule has 0 aromatic carbocycles. The minimum Gasteiger partial charge on any atom is -0.336 e. The van der Waals surface area contributed by atoms with Crippen molar-refractivity contribution in [3.63, 3.8) is 0 Å². The van der Waals surface area contributed by atoms with Crippen molar-refractivity contribution in [1.29, 1.82) is 0 Å². The van der Waals surface area contributed by atoms with Gasteiger partial charge in [0, 0.05) is 18.1 Å². The topological polar surface area (TPSA) is 67.2 Å². The SMILES string of the molecule is CC(C)NC(=O)NC1CC(N)C1. The molecule has 70 valence electrons. The van der Waals surface area contributed by atoms with E-state index in [1.165, 1.54) is 0 Å². The zero-order chi connectivity index (χ0) is 9.14. The van der Waals surface area contributed by atoms with E-state index in [0.717, 1.165) is 12.8 Å². The van der Waals surface area contributed by atoms with Crippen molar-refractivity contribution >= 4 is 6.03 Å². The fourth-order valence-electron chi connectivity index (χ4n) is 1.27. The van der Waals surface area contributed by atoms with Gasteiger partial charge in [0.1, 0.15) is 0 Å². The Hall–Kier alpha value is -0.770. The molecule has 0 heterocycles. The molecule has 0 unspecified atom stereocenters. The maximum absolute atomic E-state index is 11.1. The van der Waals surface area contributed by atoms with E-state index in [-0.39, 0.29) is 18.1 Å². The van der Waals surface area contributed by atoms with Crippen LogP contribution < -0.4 is 16.4 Å². The number of amides is 2.